The zero-order valence-corrected chi connectivity index (χ0v) is 20.6. The number of hydrogen-bond donors (Lipinski definition) is 1. The van der Waals surface area contributed by atoms with Gasteiger partial charge in [0.2, 0.25) is 0 Å². The Bertz CT molecular complexity index is 939. The van der Waals surface area contributed by atoms with Crippen molar-refractivity contribution in [1.82, 2.24) is 20.4 Å². The molecular formula is C23H32N4O6S. The fraction of sp³-hybridized carbons (Fsp3) is 0.609. The first-order valence-corrected chi connectivity index (χ1v) is 12.3. The Hall–Kier alpha value is -2.63. The summed E-state index contributed by atoms with van der Waals surface area (Å²) in [6, 6.07) is 0.843. The molecule has 1 aliphatic heterocycles. The average Bonchev–Trinajstić information content (AvgIpc) is 3.50. The number of carbonyl (C=O) groups excluding carboxylic acids is 3. The van der Waals surface area contributed by atoms with Crippen molar-refractivity contribution in [2.24, 2.45) is 11.8 Å². The second-order valence-electron chi connectivity index (χ2n) is 8.80. The lowest BCUT2D eigenvalue weighted by molar-refractivity contribution is -0.147. The van der Waals surface area contributed by atoms with E-state index < -0.39 is 23.8 Å². The van der Waals surface area contributed by atoms with Crippen molar-refractivity contribution in [3.63, 3.8) is 0 Å². The summed E-state index contributed by atoms with van der Waals surface area (Å²) in [5.41, 5.74) is 2.53. The number of amides is 1. The van der Waals surface area contributed by atoms with E-state index in [0.717, 1.165) is 18.8 Å². The summed E-state index contributed by atoms with van der Waals surface area (Å²) in [6.45, 7) is 7.37. The van der Waals surface area contributed by atoms with Crippen LogP contribution in [0.3, 0.4) is 0 Å². The molecule has 1 aliphatic rings. The number of nitrogens with zero attached hydrogens (tertiary/aromatic N) is 3. The van der Waals surface area contributed by atoms with Crippen LogP contribution in [0.15, 0.2) is 21.5 Å². The van der Waals surface area contributed by atoms with Crippen molar-refractivity contribution < 1.29 is 28.4 Å². The molecule has 10 nitrogen and oxygen atoms in total. The largest absolute Gasteiger partial charge is 0.469 e. The van der Waals surface area contributed by atoms with Crippen LogP contribution in [0.1, 0.15) is 48.6 Å². The Balaban J connectivity index is 1.64. The summed E-state index contributed by atoms with van der Waals surface area (Å²) in [5.74, 6) is -1.13. The molecule has 0 aromatic carbocycles. The van der Waals surface area contributed by atoms with Gasteiger partial charge in [0.1, 0.15) is 0 Å². The molecule has 0 radical (unpaired) electrons. The van der Waals surface area contributed by atoms with Crippen LogP contribution >= 0.6 is 11.3 Å². The molecule has 2 aromatic rings. The number of esters is 1. The molecule has 3 heterocycles. The lowest BCUT2D eigenvalue weighted by atomic mass is 9.91. The minimum absolute atomic E-state index is 0.0526. The molecule has 11 heteroatoms. The van der Waals surface area contributed by atoms with E-state index in [1.165, 1.54) is 18.4 Å². The normalized spacial score (nSPS) is 16.2. The van der Waals surface area contributed by atoms with Gasteiger partial charge in [-0.3, -0.25) is 19.3 Å². The van der Waals surface area contributed by atoms with Crippen LogP contribution in [-0.4, -0.2) is 72.2 Å². The van der Waals surface area contributed by atoms with Crippen molar-refractivity contribution in [3.8, 4) is 0 Å². The van der Waals surface area contributed by atoms with E-state index in [-0.39, 0.29) is 23.8 Å². The van der Waals surface area contributed by atoms with Crippen molar-refractivity contribution in [1.29, 1.82) is 0 Å². The van der Waals surface area contributed by atoms with E-state index in [4.69, 9.17) is 14.0 Å². The zero-order valence-electron chi connectivity index (χ0n) is 19.8. The lowest BCUT2D eigenvalue weighted by Gasteiger charge is -2.25. The average molecular weight is 493 g/mol. The standard InChI is InChI=1S/C23H32N4O6S/c1-15(2)8-19(21(28)10-16(23(30)31-3)9-17-13-34-14-24-17)25-22(29)20-11-18(33-26-20)12-27-4-6-32-7-5-27/h11,13-16,19H,4-10,12H2,1-3H3,(H,25,29)/t16?,19-/m0/s1. The van der Waals surface area contributed by atoms with E-state index in [1.807, 2.05) is 19.2 Å². The number of hydrogen-bond acceptors (Lipinski definition) is 10. The van der Waals surface area contributed by atoms with Crippen molar-refractivity contribution in [2.75, 3.05) is 33.4 Å². The predicted molar refractivity (Wildman–Crippen MR) is 124 cm³/mol. The van der Waals surface area contributed by atoms with Gasteiger partial charge in [-0.2, -0.15) is 0 Å². The molecule has 0 bridgehead atoms. The van der Waals surface area contributed by atoms with Crippen LogP contribution < -0.4 is 5.32 Å². The van der Waals surface area contributed by atoms with Gasteiger partial charge < -0.3 is 19.3 Å². The molecule has 1 saturated heterocycles. The quantitative estimate of drug-likeness (QED) is 0.444. The molecule has 2 atom stereocenters. The number of Topliss-reactive ketones (excluding diaryl/α,β-unsaturated/α-hetero) is 1. The fourth-order valence-corrected chi connectivity index (χ4v) is 4.40. The monoisotopic (exact) mass is 492 g/mol. The fourth-order valence-electron chi connectivity index (χ4n) is 3.83. The maximum atomic E-state index is 13.2. The number of carbonyl (C=O) groups is 3. The first-order chi connectivity index (χ1) is 16.4. The van der Waals surface area contributed by atoms with Crippen LogP contribution in [0.25, 0.3) is 0 Å². The van der Waals surface area contributed by atoms with Crippen LogP contribution in [0.5, 0.6) is 0 Å². The highest BCUT2D eigenvalue weighted by molar-refractivity contribution is 7.07. The second kappa shape index (κ2) is 12.7. The summed E-state index contributed by atoms with van der Waals surface area (Å²) in [5, 5.41) is 8.52. The van der Waals surface area contributed by atoms with Crippen LogP contribution in [0, 0.1) is 11.8 Å². The van der Waals surface area contributed by atoms with Gasteiger partial charge in [-0.15, -0.1) is 11.3 Å². The molecule has 0 aliphatic carbocycles. The van der Waals surface area contributed by atoms with Gasteiger partial charge in [0.15, 0.2) is 17.2 Å². The number of aromatic nitrogens is 2. The van der Waals surface area contributed by atoms with Crippen molar-refractivity contribution in [3.05, 3.63) is 34.1 Å². The minimum Gasteiger partial charge on any atom is -0.469 e. The highest BCUT2D eigenvalue weighted by Gasteiger charge is 2.30. The SMILES string of the molecule is COC(=O)C(CC(=O)[C@H](CC(C)C)NC(=O)c1cc(CN2CCOCC2)on1)Cc1cscn1. The molecule has 186 valence electrons. The number of nitrogens with one attached hydrogen (secondary N) is 1. The number of ketones is 1. The predicted octanol–water partition coefficient (Wildman–Crippen LogP) is 2.10. The molecule has 2 aromatic heterocycles. The highest BCUT2D eigenvalue weighted by atomic mass is 32.1. The molecule has 1 N–H and O–H groups in total. The van der Waals surface area contributed by atoms with Gasteiger partial charge in [-0.05, 0) is 12.3 Å². The third-order valence-electron chi connectivity index (χ3n) is 5.60. The number of thiazole rings is 1. The van der Waals surface area contributed by atoms with Crippen LogP contribution in [0.2, 0.25) is 0 Å². The summed E-state index contributed by atoms with van der Waals surface area (Å²) >= 11 is 1.42. The summed E-state index contributed by atoms with van der Waals surface area (Å²) < 4.78 is 15.6. The molecule has 0 spiro atoms. The van der Waals surface area contributed by atoms with Crippen LogP contribution in [0.4, 0.5) is 0 Å². The van der Waals surface area contributed by atoms with Crippen molar-refractivity contribution in [2.45, 2.75) is 45.7 Å². The van der Waals surface area contributed by atoms with Gasteiger partial charge in [-0.1, -0.05) is 19.0 Å². The molecule has 0 saturated carbocycles. The van der Waals surface area contributed by atoms with E-state index in [0.29, 0.717) is 38.4 Å². The Morgan fingerprint density at radius 1 is 1.26 bits per heavy atom. The van der Waals surface area contributed by atoms with Crippen LogP contribution in [-0.2, 0) is 32.0 Å². The highest BCUT2D eigenvalue weighted by Crippen LogP contribution is 2.18. The smallest absolute Gasteiger partial charge is 0.309 e. The number of morpholine rings is 1. The Labute approximate surface area is 203 Å². The minimum atomic E-state index is -0.755. The van der Waals surface area contributed by atoms with Gasteiger partial charge in [0.25, 0.3) is 5.91 Å². The molecule has 1 unspecified atom stereocenters. The first-order valence-electron chi connectivity index (χ1n) is 11.4. The Morgan fingerprint density at radius 2 is 2.03 bits per heavy atom. The topological polar surface area (TPSA) is 124 Å². The summed E-state index contributed by atoms with van der Waals surface area (Å²) in [7, 11) is 1.30. The number of ether oxygens (including phenoxy) is 2. The lowest BCUT2D eigenvalue weighted by Crippen LogP contribution is -2.43. The molecule has 1 fully saturated rings. The van der Waals surface area contributed by atoms with E-state index in [2.05, 4.69) is 20.4 Å². The van der Waals surface area contributed by atoms with Gasteiger partial charge in [0.05, 0.1) is 50.0 Å². The van der Waals surface area contributed by atoms with Gasteiger partial charge in [-0.25, -0.2) is 4.98 Å². The summed E-state index contributed by atoms with van der Waals surface area (Å²) in [4.78, 5) is 44.7. The summed E-state index contributed by atoms with van der Waals surface area (Å²) in [6.07, 6.45) is 0.690. The van der Waals surface area contributed by atoms with Gasteiger partial charge in [0, 0.05) is 37.4 Å². The van der Waals surface area contributed by atoms with Gasteiger partial charge >= 0.3 is 5.97 Å². The maximum Gasteiger partial charge on any atom is 0.309 e. The molecule has 3 rings (SSSR count). The number of methoxy groups -OCH3 is 1. The van der Waals surface area contributed by atoms with E-state index in [9.17, 15) is 14.4 Å². The third-order valence-corrected chi connectivity index (χ3v) is 6.23. The first kappa shape index (κ1) is 26.0. The molecular weight excluding hydrogens is 460 g/mol. The Kier molecular flexibility index (Phi) is 9.73. The zero-order chi connectivity index (χ0) is 24.5. The van der Waals surface area contributed by atoms with E-state index in [1.54, 1.807) is 11.6 Å². The van der Waals surface area contributed by atoms with Crippen molar-refractivity contribution >= 4 is 29.0 Å². The second-order valence-corrected chi connectivity index (χ2v) is 9.52. The maximum absolute atomic E-state index is 13.2. The molecule has 34 heavy (non-hydrogen) atoms. The number of rotatable bonds is 12. The van der Waals surface area contributed by atoms with E-state index >= 15 is 0 Å². The molecule has 1 amide bonds. The third kappa shape index (κ3) is 7.71. The Morgan fingerprint density at radius 3 is 2.68 bits per heavy atom.